The summed E-state index contributed by atoms with van der Waals surface area (Å²) in [5, 5.41) is 8.53. The van der Waals surface area contributed by atoms with E-state index in [2.05, 4.69) is 0 Å². The Hall–Kier alpha value is -0.900. The van der Waals surface area contributed by atoms with Crippen LogP contribution < -0.4 is 0 Å². The molecule has 0 saturated carbocycles. The van der Waals surface area contributed by atoms with Crippen molar-refractivity contribution in [1.82, 2.24) is 0 Å². The Morgan fingerprint density at radius 3 is 2.50 bits per heavy atom. The maximum atomic E-state index is 8.53. The first-order valence-electron chi connectivity index (χ1n) is 3.68. The monoisotopic (exact) mass is 168 g/mol. The molecular weight excluding hydrogens is 156 g/mol. The molecule has 3 heteroatoms. The molecule has 0 aromatic heterocycles. The second-order valence-corrected chi connectivity index (χ2v) is 2.27. The molecule has 1 unspecified atom stereocenters. The quantitative estimate of drug-likeness (QED) is 0.688. The van der Waals surface area contributed by atoms with E-state index >= 15 is 0 Å². The van der Waals surface area contributed by atoms with Crippen molar-refractivity contribution >= 4 is 0 Å². The van der Waals surface area contributed by atoms with Crippen molar-refractivity contribution in [1.29, 1.82) is 0 Å². The Morgan fingerprint density at radius 1 is 1.33 bits per heavy atom. The number of rotatable bonds is 4. The van der Waals surface area contributed by atoms with Crippen LogP contribution in [0.15, 0.2) is 30.3 Å². The smallest absolute Gasteiger partial charge is 0.186 e. The van der Waals surface area contributed by atoms with Gasteiger partial charge in [-0.25, -0.2) is 0 Å². The van der Waals surface area contributed by atoms with Gasteiger partial charge in [0, 0.05) is 12.7 Å². The zero-order valence-electron chi connectivity index (χ0n) is 6.93. The van der Waals surface area contributed by atoms with Crippen LogP contribution in [0.1, 0.15) is 11.9 Å². The maximum Gasteiger partial charge on any atom is 0.186 e. The molecule has 1 aromatic carbocycles. The molecule has 0 spiro atoms. The van der Waals surface area contributed by atoms with Crippen LogP contribution in [0.4, 0.5) is 0 Å². The van der Waals surface area contributed by atoms with E-state index in [4.69, 9.17) is 14.6 Å². The van der Waals surface area contributed by atoms with Crippen LogP contribution >= 0.6 is 0 Å². The van der Waals surface area contributed by atoms with Crippen LogP contribution in [-0.4, -0.2) is 19.0 Å². The summed E-state index contributed by atoms with van der Waals surface area (Å²) in [6, 6.07) is 9.45. The number of hydrogen-bond donors (Lipinski definition) is 1. The first-order valence-corrected chi connectivity index (χ1v) is 3.68. The lowest BCUT2D eigenvalue weighted by atomic mass is 10.2. The van der Waals surface area contributed by atoms with Gasteiger partial charge >= 0.3 is 0 Å². The molecule has 1 aromatic rings. The fourth-order valence-corrected chi connectivity index (χ4v) is 0.978. The Labute approximate surface area is 71.5 Å². The van der Waals surface area contributed by atoms with E-state index in [9.17, 15) is 0 Å². The van der Waals surface area contributed by atoms with E-state index in [1.807, 2.05) is 30.3 Å². The van der Waals surface area contributed by atoms with Crippen LogP contribution in [0, 0.1) is 0 Å². The van der Waals surface area contributed by atoms with Crippen molar-refractivity contribution in [3.63, 3.8) is 0 Å². The standard InChI is InChI=1S/C9H12O3/c1-11-9(12-7-10)8-5-3-2-4-6-8/h2-6,9-10H,7H2,1H3. The van der Waals surface area contributed by atoms with E-state index in [0.717, 1.165) is 5.56 Å². The summed E-state index contributed by atoms with van der Waals surface area (Å²) in [5.74, 6) is 0. The fraction of sp³-hybridized carbons (Fsp3) is 0.333. The van der Waals surface area contributed by atoms with Crippen LogP contribution in [0.5, 0.6) is 0 Å². The third-order valence-corrected chi connectivity index (χ3v) is 1.51. The lowest BCUT2D eigenvalue weighted by Gasteiger charge is -2.14. The molecule has 0 aliphatic heterocycles. The van der Waals surface area contributed by atoms with Gasteiger partial charge in [-0.15, -0.1) is 0 Å². The summed E-state index contributed by atoms with van der Waals surface area (Å²) in [6.07, 6.45) is -0.476. The highest BCUT2D eigenvalue weighted by atomic mass is 16.7. The summed E-state index contributed by atoms with van der Waals surface area (Å²) in [6.45, 7) is -0.340. The highest BCUT2D eigenvalue weighted by molar-refractivity contribution is 5.15. The molecular formula is C9H12O3. The minimum Gasteiger partial charge on any atom is -0.371 e. The fourth-order valence-electron chi connectivity index (χ4n) is 0.978. The van der Waals surface area contributed by atoms with E-state index in [0.29, 0.717) is 0 Å². The van der Waals surface area contributed by atoms with E-state index in [1.54, 1.807) is 0 Å². The van der Waals surface area contributed by atoms with Gasteiger partial charge in [-0.05, 0) is 0 Å². The lowest BCUT2D eigenvalue weighted by molar-refractivity contribution is -0.171. The van der Waals surface area contributed by atoms with Crippen LogP contribution in [0.2, 0.25) is 0 Å². The molecule has 0 aliphatic rings. The third kappa shape index (κ3) is 2.30. The molecule has 0 amide bonds. The summed E-state index contributed by atoms with van der Waals surface area (Å²) in [5.41, 5.74) is 0.897. The van der Waals surface area contributed by atoms with Crippen molar-refractivity contribution < 1.29 is 14.6 Å². The molecule has 1 N–H and O–H groups in total. The summed E-state index contributed by atoms with van der Waals surface area (Å²) < 4.78 is 9.91. The average molecular weight is 168 g/mol. The van der Waals surface area contributed by atoms with Gasteiger partial charge in [-0.3, -0.25) is 0 Å². The van der Waals surface area contributed by atoms with Crippen molar-refractivity contribution in [3.8, 4) is 0 Å². The van der Waals surface area contributed by atoms with Gasteiger partial charge in [-0.1, -0.05) is 30.3 Å². The van der Waals surface area contributed by atoms with Crippen LogP contribution in [-0.2, 0) is 9.47 Å². The van der Waals surface area contributed by atoms with Gasteiger partial charge in [0.05, 0.1) is 0 Å². The zero-order valence-corrected chi connectivity index (χ0v) is 6.93. The van der Waals surface area contributed by atoms with Gasteiger partial charge in [-0.2, -0.15) is 0 Å². The van der Waals surface area contributed by atoms with Gasteiger partial charge in [0.2, 0.25) is 0 Å². The van der Waals surface area contributed by atoms with E-state index in [1.165, 1.54) is 7.11 Å². The molecule has 12 heavy (non-hydrogen) atoms. The number of aliphatic hydroxyl groups excluding tert-OH is 1. The topological polar surface area (TPSA) is 38.7 Å². The highest BCUT2D eigenvalue weighted by Gasteiger charge is 2.08. The Morgan fingerprint density at radius 2 is 2.00 bits per heavy atom. The zero-order chi connectivity index (χ0) is 8.81. The first kappa shape index (κ1) is 9.19. The number of hydrogen-bond acceptors (Lipinski definition) is 3. The molecule has 0 heterocycles. The number of ether oxygens (including phenoxy) is 2. The molecule has 0 aliphatic carbocycles. The predicted octanol–water partition coefficient (Wildman–Crippen LogP) is 1.30. The maximum absolute atomic E-state index is 8.53. The van der Waals surface area contributed by atoms with Crippen LogP contribution in [0.3, 0.4) is 0 Å². The SMILES string of the molecule is COC(OCO)c1ccccc1. The summed E-state index contributed by atoms with van der Waals surface area (Å²) in [7, 11) is 1.54. The van der Waals surface area contributed by atoms with E-state index in [-0.39, 0.29) is 6.79 Å². The molecule has 3 nitrogen and oxygen atoms in total. The number of methoxy groups -OCH3 is 1. The molecule has 66 valence electrons. The second kappa shape index (κ2) is 4.87. The van der Waals surface area contributed by atoms with Crippen molar-refractivity contribution in [2.45, 2.75) is 6.29 Å². The van der Waals surface area contributed by atoms with Gasteiger partial charge < -0.3 is 14.6 Å². The minimum atomic E-state index is -0.476. The Kier molecular flexibility index (Phi) is 3.73. The molecule has 0 saturated heterocycles. The second-order valence-electron chi connectivity index (χ2n) is 2.27. The van der Waals surface area contributed by atoms with Gasteiger partial charge in [0.1, 0.15) is 6.79 Å². The molecule has 0 bridgehead atoms. The van der Waals surface area contributed by atoms with Gasteiger partial charge in [0.15, 0.2) is 6.29 Å². The number of aliphatic hydroxyl groups is 1. The largest absolute Gasteiger partial charge is 0.371 e. The van der Waals surface area contributed by atoms with E-state index < -0.39 is 6.29 Å². The molecule has 1 rings (SSSR count). The average Bonchev–Trinajstić information content (AvgIpc) is 2.15. The highest BCUT2D eigenvalue weighted by Crippen LogP contribution is 2.16. The summed E-state index contributed by atoms with van der Waals surface area (Å²) in [4.78, 5) is 0. The minimum absolute atomic E-state index is 0.340. The van der Waals surface area contributed by atoms with Crippen molar-refractivity contribution in [2.75, 3.05) is 13.9 Å². The summed E-state index contributed by atoms with van der Waals surface area (Å²) >= 11 is 0. The Balaban J connectivity index is 2.66. The van der Waals surface area contributed by atoms with Gasteiger partial charge in [0.25, 0.3) is 0 Å². The normalized spacial score (nSPS) is 12.8. The third-order valence-electron chi connectivity index (χ3n) is 1.51. The predicted molar refractivity (Wildman–Crippen MR) is 44.4 cm³/mol. The molecule has 1 atom stereocenters. The lowest BCUT2D eigenvalue weighted by Crippen LogP contribution is -2.06. The molecule has 0 radical (unpaired) electrons. The van der Waals surface area contributed by atoms with Crippen LogP contribution in [0.25, 0.3) is 0 Å². The van der Waals surface area contributed by atoms with Crippen molar-refractivity contribution in [3.05, 3.63) is 35.9 Å². The first-order chi connectivity index (χ1) is 5.88. The number of benzene rings is 1. The Bertz CT molecular complexity index is 210. The van der Waals surface area contributed by atoms with Crippen molar-refractivity contribution in [2.24, 2.45) is 0 Å². The molecule has 0 fully saturated rings.